The molecule has 0 fully saturated rings. The molecule has 0 unspecified atom stereocenters. The molecule has 0 aromatic heterocycles. The summed E-state index contributed by atoms with van der Waals surface area (Å²) in [4.78, 5) is 22.5. The van der Waals surface area contributed by atoms with Gasteiger partial charge in [-0.1, -0.05) is 13.8 Å². The van der Waals surface area contributed by atoms with E-state index in [1.54, 1.807) is 23.5 Å². The van der Waals surface area contributed by atoms with Gasteiger partial charge in [0.2, 0.25) is 0 Å². The molecule has 0 radical (unpaired) electrons. The lowest BCUT2D eigenvalue weighted by Crippen LogP contribution is -2.19. The Labute approximate surface area is 141 Å². The highest BCUT2D eigenvalue weighted by Gasteiger charge is 2.04. The van der Waals surface area contributed by atoms with Gasteiger partial charge in [0.15, 0.2) is 0 Å². The van der Waals surface area contributed by atoms with E-state index < -0.39 is 0 Å². The molecule has 0 aliphatic heterocycles. The van der Waals surface area contributed by atoms with Crippen LogP contribution < -0.4 is 0 Å². The maximum Gasteiger partial charge on any atom is 0.332 e. The number of carbonyl (C=O) groups excluding carboxylic acids is 2. The van der Waals surface area contributed by atoms with Gasteiger partial charge in [-0.2, -0.15) is 23.5 Å². The number of rotatable bonds is 15. The van der Waals surface area contributed by atoms with Gasteiger partial charge in [-0.3, -0.25) is 0 Å². The van der Waals surface area contributed by atoms with Gasteiger partial charge in [-0.15, -0.1) is 0 Å². The van der Waals surface area contributed by atoms with E-state index in [9.17, 15) is 9.59 Å². The lowest BCUT2D eigenvalue weighted by Gasteiger charge is -2.07. The fourth-order valence-corrected chi connectivity index (χ4v) is 2.21. The average Bonchev–Trinajstić information content (AvgIpc) is 2.51. The van der Waals surface area contributed by atoms with E-state index in [1.807, 2.05) is 0 Å². The summed E-state index contributed by atoms with van der Waals surface area (Å²) in [6, 6.07) is 0. The van der Waals surface area contributed by atoms with E-state index in [4.69, 9.17) is 18.9 Å². The summed E-state index contributed by atoms with van der Waals surface area (Å²) < 4.78 is 20.1. The fourth-order valence-electron chi connectivity index (χ4n) is 1.23. The molecule has 0 saturated heterocycles. The molecule has 0 atom stereocenters. The van der Waals surface area contributed by atoms with Crippen molar-refractivity contribution in [2.24, 2.45) is 0 Å². The first-order valence-corrected chi connectivity index (χ1v) is 9.63. The topological polar surface area (TPSA) is 71.1 Å². The normalized spacial score (nSPS) is 10.5. The second-order valence-corrected chi connectivity index (χ2v) is 6.73. The summed E-state index contributed by atoms with van der Waals surface area (Å²) in [7, 11) is 0. The molecule has 0 heterocycles. The van der Waals surface area contributed by atoms with Gasteiger partial charge in [-0.25, -0.2) is 9.59 Å². The molecule has 0 saturated carbocycles. The molecule has 6 nitrogen and oxygen atoms in total. The molecule has 0 spiro atoms. The zero-order chi connectivity index (χ0) is 16.5. The summed E-state index contributed by atoms with van der Waals surface area (Å²) in [6.45, 7) is 5.18. The Balaban J connectivity index is 3.28. The molecular weight excluding hydrogens is 328 g/mol. The van der Waals surface area contributed by atoms with Crippen molar-refractivity contribution in [1.29, 1.82) is 0 Å². The predicted octanol–water partition coefficient (Wildman–Crippen LogP) is 1.61. The summed E-state index contributed by atoms with van der Waals surface area (Å²) >= 11 is 3.43. The van der Waals surface area contributed by atoms with Crippen LogP contribution in [0.3, 0.4) is 0 Å². The molecule has 0 N–H and O–H groups in total. The molecule has 130 valence electrons. The summed E-state index contributed by atoms with van der Waals surface area (Å²) in [5.74, 6) is 2.83. The first kappa shape index (κ1) is 21.6. The number of carbonyl (C=O) groups is 2. The third kappa shape index (κ3) is 15.9. The Morgan fingerprint density at radius 3 is 1.50 bits per heavy atom. The fraction of sp³-hybridized carbons (Fsp3) is 0.857. The van der Waals surface area contributed by atoms with Gasteiger partial charge >= 0.3 is 11.9 Å². The zero-order valence-corrected chi connectivity index (χ0v) is 15.0. The second-order valence-electron chi connectivity index (χ2n) is 3.94. The van der Waals surface area contributed by atoms with Crippen LogP contribution in [-0.4, -0.2) is 74.6 Å². The second kappa shape index (κ2) is 16.9. The Bertz CT molecular complexity index is 261. The largest absolute Gasteiger partial charge is 0.463 e. The van der Waals surface area contributed by atoms with Crippen LogP contribution in [0.2, 0.25) is 0 Å². The summed E-state index contributed by atoms with van der Waals surface area (Å²) in [5.41, 5.74) is 0. The maximum absolute atomic E-state index is 11.2. The maximum atomic E-state index is 11.2. The molecule has 0 aromatic carbocycles. The van der Waals surface area contributed by atoms with Crippen LogP contribution in [0.5, 0.6) is 0 Å². The van der Waals surface area contributed by atoms with E-state index in [1.165, 1.54) is 0 Å². The highest BCUT2D eigenvalue weighted by Crippen LogP contribution is 1.98. The van der Waals surface area contributed by atoms with Gasteiger partial charge in [-0.05, 0) is 11.5 Å². The molecule has 0 rings (SSSR count). The standard InChI is InChI=1S/C14H26O6S2/c1-3-21-9-7-19-13(15)11-17-5-6-18-12-14(16)20-8-10-22-4-2/h3-12H2,1-2H3. The number of hydrogen-bond acceptors (Lipinski definition) is 8. The van der Waals surface area contributed by atoms with Gasteiger partial charge < -0.3 is 18.9 Å². The highest BCUT2D eigenvalue weighted by atomic mass is 32.2. The predicted molar refractivity (Wildman–Crippen MR) is 89.6 cm³/mol. The number of thioether (sulfide) groups is 2. The molecule has 22 heavy (non-hydrogen) atoms. The zero-order valence-electron chi connectivity index (χ0n) is 13.3. The lowest BCUT2D eigenvalue weighted by molar-refractivity contribution is -0.152. The molecule has 0 amide bonds. The lowest BCUT2D eigenvalue weighted by atomic mass is 10.6. The molecule has 0 aliphatic rings. The van der Waals surface area contributed by atoms with Crippen molar-refractivity contribution in [1.82, 2.24) is 0 Å². The smallest absolute Gasteiger partial charge is 0.332 e. The molecule has 0 bridgehead atoms. The van der Waals surface area contributed by atoms with Gasteiger partial charge in [0.1, 0.15) is 26.4 Å². The summed E-state index contributed by atoms with van der Waals surface area (Å²) in [6.07, 6.45) is 0. The average molecular weight is 354 g/mol. The van der Waals surface area contributed by atoms with Crippen molar-refractivity contribution in [2.45, 2.75) is 13.8 Å². The minimum atomic E-state index is -0.385. The van der Waals surface area contributed by atoms with Crippen molar-refractivity contribution in [3.63, 3.8) is 0 Å². The van der Waals surface area contributed by atoms with Crippen LogP contribution in [0.25, 0.3) is 0 Å². The summed E-state index contributed by atoms with van der Waals surface area (Å²) in [5, 5.41) is 0. The van der Waals surface area contributed by atoms with Crippen molar-refractivity contribution >= 4 is 35.5 Å². The Hall–Kier alpha value is -0.440. The van der Waals surface area contributed by atoms with E-state index in [0.717, 1.165) is 23.0 Å². The first-order chi connectivity index (χ1) is 10.7. The number of esters is 2. The minimum absolute atomic E-state index is 0.0984. The third-order valence-corrected chi connectivity index (χ3v) is 3.93. The number of ether oxygens (including phenoxy) is 4. The third-order valence-electron chi connectivity index (χ3n) is 2.20. The van der Waals surface area contributed by atoms with Crippen LogP contribution in [0.15, 0.2) is 0 Å². The van der Waals surface area contributed by atoms with Crippen LogP contribution >= 0.6 is 23.5 Å². The van der Waals surface area contributed by atoms with Crippen molar-refractivity contribution in [3.8, 4) is 0 Å². The van der Waals surface area contributed by atoms with Crippen LogP contribution in [0, 0.1) is 0 Å². The van der Waals surface area contributed by atoms with E-state index in [0.29, 0.717) is 13.2 Å². The molecule has 0 aromatic rings. The first-order valence-electron chi connectivity index (χ1n) is 7.32. The van der Waals surface area contributed by atoms with Crippen molar-refractivity contribution in [2.75, 3.05) is 62.7 Å². The van der Waals surface area contributed by atoms with Gasteiger partial charge in [0.25, 0.3) is 0 Å². The van der Waals surface area contributed by atoms with Gasteiger partial charge in [0.05, 0.1) is 13.2 Å². The van der Waals surface area contributed by atoms with E-state index in [2.05, 4.69) is 13.8 Å². The Morgan fingerprint density at radius 2 is 1.14 bits per heavy atom. The van der Waals surface area contributed by atoms with E-state index in [-0.39, 0.29) is 38.4 Å². The number of hydrogen-bond donors (Lipinski definition) is 0. The molecule has 8 heteroatoms. The SMILES string of the molecule is CCSCCOC(=O)COCCOCC(=O)OCCSCC. The minimum Gasteiger partial charge on any atom is -0.463 e. The Kier molecular flexibility index (Phi) is 16.6. The van der Waals surface area contributed by atoms with E-state index >= 15 is 0 Å². The Morgan fingerprint density at radius 1 is 0.727 bits per heavy atom. The monoisotopic (exact) mass is 354 g/mol. The van der Waals surface area contributed by atoms with Gasteiger partial charge in [0, 0.05) is 11.5 Å². The highest BCUT2D eigenvalue weighted by molar-refractivity contribution is 7.99. The van der Waals surface area contributed by atoms with Crippen molar-refractivity contribution in [3.05, 3.63) is 0 Å². The quantitative estimate of drug-likeness (QED) is 0.324. The molecule has 0 aliphatic carbocycles. The van der Waals surface area contributed by atoms with Crippen molar-refractivity contribution < 1.29 is 28.5 Å². The molecular formula is C14H26O6S2. The van der Waals surface area contributed by atoms with Crippen LogP contribution in [-0.2, 0) is 28.5 Å². The van der Waals surface area contributed by atoms with Crippen LogP contribution in [0.1, 0.15) is 13.8 Å². The van der Waals surface area contributed by atoms with Crippen LogP contribution in [0.4, 0.5) is 0 Å².